The fourth-order valence-corrected chi connectivity index (χ4v) is 1.77. The molecule has 18 heavy (non-hydrogen) atoms. The first kappa shape index (κ1) is 15.1. The Kier molecular flexibility index (Phi) is 6.83. The highest BCUT2D eigenvalue weighted by Gasteiger charge is 2.06. The first-order valence-corrected chi connectivity index (χ1v) is 6.79. The smallest absolute Gasteiger partial charge is 0.232 e. The summed E-state index contributed by atoms with van der Waals surface area (Å²) >= 11 is 4.08. The number of amides is 1. The van der Waals surface area contributed by atoms with Crippen molar-refractivity contribution in [3.8, 4) is 0 Å². The predicted octanol–water partition coefficient (Wildman–Crippen LogP) is 1.94. The molecular weight excluding hydrogens is 244 g/mol. The Bertz CT molecular complexity index is 354. The molecule has 0 saturated heterocycles. The number of thiol groups is 1. The van der Waals surface area contributed by atoms with Crippen LogP contribution in [0.1, 0.15) is 18.9 Å². The number of carbonyl (C=O) groups excluding carboxylic acids is 1. The van der Waals surface area contributed by atoms with Crippen molar-refractivity contribution in [2.24, 2.45) is 0 Å². The number of hydrogen-bond donors (Lipinski definition) is 2. The minimum absolute atomic E-state index is 0.00375. The Morgan fingerprint density at radius 1 is 1.39 bits per heavy atom. The van der Waals surface area contributed by atoms with Gasteiger partial charge in [-0.3, -0.25) is 4.79 Å². The molecule has 0 spiro atoms. The van der Waals surface area contributed by atoms with Gasteiger partial charge in [-0.2, -0.15) is 12.6 Å². The van der Waals surface area contributed by atoms with Crippen molar-refractivity contribution in [1.82, 2.24) is 10.2 Å². The molecule has 3 nitrogen and oxygen atoms in total. The van der Waals surface area contributed by atoms with Crippen LogP contribution in [-0.2, 0) is 11.3 Å². The summed E-state index contributed by atoms with van der Waals surface area (Å²) in [6.07, 6.45) is 0.954. The van der Waals surface area contributed by atoms with Crippen LogP contribution in [0.15, 0.2) is 30.3 Å². The fourth-order valence-electron chi connectivity index (χ4n) is 1.68. The second-order valence-corrected chi connectivity index (χ2v) is 5.32. The van der Waals surface area contributed by atoms with Crippen LogP contribution in [0, 0.1) is 0 Å². The Hall–Kier alpha value is -1.00. The van der Waals surface area contributed by atoms with Gasteiger partial charge in [-0.1, -0.05) is 30.3 Å². The number of benzene rings is 1. The topological polar surface area (TPSA) is 32.3 Å². The van der Waals surface area contributed by atoms with E-state index in [4.69, 9.17) is 0 Å². The standard InChI is InChI=1S/C14H22N2OS/c1-12(18)14(17)15-9-6-10-16(2)11-13-7-4-3-5-8-13/h3-5,7-8,12,18H,6,9-11H2,1-2H3,(H,15,17). The van der Waals surface area contributed by atoms with Gasteiger partial charge in [-0.15, -0.1) is 0 Å². The molecule has 0 aliphatic rings. The molecule has 0 heterocycles. The van der Waals surface area contributed by atoms with Crippen LogP contribution < -0.4 is 5.32 Å². The van der Waals surface area contributed by atoms with E-state index in [1.165, 1.54) is 5.56 Å². The third kappa shape index (κ3) is 6.07. The first-order chi connectivity index (χ1) is 8.59. The fraction of sp³-hybridized carbons (Fsp3) is 0.500. The van der Waals surface area contributed by atoms with Crippen molar-refractivity contribution in [3.05, 3.63) is 35.9 Å². The van der Waals surface area contributed by atoms with Crippen molar-refractivity contribution in [3.63, 3.8) is 0 Å². The highest BCUT2D eigenvalue weighted by molar-refractivity contribution is 7.81. The van der Waals surface area contributed by atoms with Gasteiger partial charge < -0.3 is 10.2 Å². The summed E-state index contributed by atoms with van der Waals surface area (Å²) < 4.78 is 0. The zero-order valence-corrected chi connectivity index (χ0v) is 12.0. The van der Waals surface area contributed by atoms with Crippen molar-refractivity contribution in [2.45, 2.75) is 25.1 Å². The van der Waals surface area contributed by atoms with Gasteiger partial charge in [0.2, 0.25) is 5.91 Å². The molecule has 1 unspecified atom stereocenters. The molecular formula is C14H22N2OS. The Balaban J connectivity index is 2.14. The van der Waals surface area contributed by atoms with E-state index in [1.807, 2.05) is 6.07 Å². The number of nitrogens with zero attached hydrogens (tertiary/aromatic N) is 1. The number of rotatable bonds is 7. The zero-order chi connectivity index (χ0) is 13.4. The van der Waals surface area contributed by atoms with Crippen LogP contribution >= 0.6 is 12.6 Å². The molecule has 1 aromatic carbocycles. The summed E-state index contributed by atoms with van der Waals surface area (Å²) in [5, 5.41) is 2.63. The van der Waals surface area contributed by atoms with Crippen LogP contribution in [0.4, 0.5) is 0 Å². The molecule has 100 valence electrons. The summed E-state index contributed by atoms with van der Waals surface area (Å²) in [6.45, 7) is 4.40. The molecule has 0 saturated carbocycles. The molecule has 0 radical (unpaired) electrons. The van der Waals surface area contributed by atoms with Gasteiger partial charge in [0.15, 0.2) is 0 Å². The molecule has 1 rings (SSSR count). The van der Waals surface area contributed by atoms with Gasteiger partial charge in [0.25, 0.3) is 0 Å². The van der Waals surface area contributed by atoms with E-state index in [9.17, 15) is 4.79 Å². The minimum Gasteiger partial charge on any atom is -0.355 e. The maximum Gasteiger partial charge on any atom is 0.232 e. The summed E-state index contributed by atoms with van der Waals surface area (Å²) in [6, 6.07) is 10.4. The van der Waals surface area contributed by atoms with E-state index in [-0.39, 0.29) is 11.2 Å². The van der Waals surface area contributed by atoms with Crippen molar-refractivity contribution >= 4 is 18.5 Å². The van der Waals surface area contributed by atoms with Crippen LogP contribution in [0.5, 0.6) is 0 Å². The van der Waals surface area contributed by atoms with Crippen molar-refractivity contribution in [2.75, 3.05) is 20.1 Å². The molecule has 0 aromatic heterocycles. The second-order valence-electron chi connectivity index (χ2n) is 4.54. The summed E-state index contributed by atoms with van der Waals surface area (Å²) in [5.41, 5.74) is 1.31. The van der Waals surface area contributed by atoms with Crippen LogP contribution in [0.25, 0.3) is 0 Å². The predicted molar refractivity (Wildman–Crippen MR) is 78.9 cm³/mol. The van der Waals surface area contributed by atoms with Crippen molar-refractivity contribution < 1.29 is 4.79 Å². The lowest BCUT2D eigenvalue weighted by molar-refractivity contribution is -0.120. The SMILES string of the molecule is CC(S)C(=O)NCCCN(C)Cc1ccccc1. The monoisotopic (exact) mass is 266 g/mol. The van der Waals surface area contributed by atoms with E-state index in [0.717, 1.165) is 19.5 Å². The molecule has 1 N–H and O–H groups in total. The van der Waals surface area contributed by atoms with Crippen LogP contribution in [0.2, 0.25) is 0 Å². The Morgan fingerprint density at radius 2 is 2.06 bits per heavy atom. The normalized spacial score (nSPS) is 12.4. The molecule has 4 heteroatoms. The first-order valence-electron chi connectivity index (χ1n) is 6.28. The molecule has 1 amide bonds. The average Bonchev–Trinajstić information content (AvgIpc) is 2.35. The van der Waals surface area contributed by atoms with E-state index in [0.29, 0.717) is 6.54 Å². The lowest BCUT2D eigenvalue weighted by Crippen LogP contribution is -2.32. The Labute approximate surface area is 115 Å². The number of nitrogens with one attached hydrogen (secondary N) is 1. The maximum absolute atomic E-state index is 11.3. The summed E-state index contributed by atoms with van der Waals surface area (Å²) in [4.78, 5) is 13.5. The zero-order valence-electron chi connectivity index (χ0n) is 11.1. The number of carbonyl (C=O) groups is 1. The molecule has 0 aliphatic heterocycles. The highest BCUT2D eigenvalue weighted by Crippen LogP contribution is 2.02. The van der Waals surface area contributed by atoms with Crippen LogP contribution in [-0.4, -0.2) is 36.2 Å². The Morgan fingerprint density at radius 3 is 2.67 bits per heavy atom. The van der Waals surface area contributed by atoms with Gasteiger partial charge in [-0.25, -0.2) is 0 Å². The second kappa shape index (κ2) is 8.16. The largest absolute Gasteiger partial charge is 0.355 e. The maximum atomic E-state index is 11.3. The van der Waals surface area contributed by atoms with Crippen LogP contribution in [0.3, 0.4) is 0 Å². The van der Waals surface area contributed by atoms with E-state index in [1.54, 1.807) is 6.92 Å². The highest BCUT2D eigenvalue weighted by atomic mass is 32.1. The summed E-state index contributed by atoms with van der Waals surface area (Å²) in [5.74, 6) is 0.00375. The van der Waals surface area contributed by atoms with Crippen molar-refractivity contribution in [1.29, 1.82) is 0 Å². The number of hydrogen-bond acceptors (Lipinski definition) is 3. The third-order valence-electron chi connectivity index (χ3n) is 2.69. The molecule has 1 atom stereocenters. The van der Waals surface area contributed by atoms with Gasteiger partial charge >= 0.3 is 0 Å². The van der Waals surface area contributed by atoms with Gasteiger partial charge in [0, 0.05) is 13.1 Å². The van der Waals surface area contributed by atoms with Gasteiger partial charge in [0.1, 0.15) is 0 Å². The van der Waals surface area contributed by atoms with E-state index < -0.39 is 0 Å². The lowest BCUT2D eigenvalue weighted by atomic mass is 10.2. The third-order valence-corrected chi connectivity index (χ3v) is 2.93. The van der Waals surface area contributed by atoms with E-state index >= 15 is 0 Å². The molecule has 0 bridgehead atoms. The molecule has 0 fully saturated rings. The van der Waals surface area contributed by atoms with Gasteiger partial charge in [0.05, 0.1) is 5.25 Å². The summed E-state index contributed by atoms with van der Waals surface area (Å²) in [7, 11) is 2.09. The molecule has 1 aromatic rings. The quantitative estimate of drug-likeness (QED) is 0.584. The van der Waals surface area contributed by atoms with Gasteiger partial charge in [-0.05, 0) is 32.5 Å². The average molecular weight is 266 g/mol. The lowest BCUT2D eigenvalue weighted by Gasteiger charge is -2.17. The molecule has 0 aliphatic carbocycles. The minimum atomic E-state index is -0.230. The van der Waals surface area contributed by atoms with E-state index in [2.05, 4.69) is 54.2 Å².